The molecular weight excluding hydrogens is 332 g/mol. The molecular formula is C16H18N2O5S. The number of ether oxygens (including phenoxy) is 2. The summed E-state index contributed by atoms with van der Waals surface area (Å²) in [6.07, 6.45) is 0.444. The van der Waals surface area contributed by atoms with Crippen LogP contribution in [-0.2, 0) is 16.6 Å². The normalized spacial score (nSPS) is 10.9. The number of hydrogen-bond donors (Lipinski definition) is 2. The Balaban J connectivity index is 2.04. The van der Waals surface area contributed by atoms with Crippen LogP contribution in [0.3, 0.4) is 0 Å². The van der Waals surface area contributed by atoms with Crippen LogP contribution in [0.5, 0.6) is 11.5 Å². The van der Waals surface area contributed by atoms with E-state index in [1.807, 2.05) is 6.07 Å². The predicted octanol–water partition coefficient (Wildman–Crippen LogP) is 2.36. The first-order valence-corrected chi connectivity index (χ1v) is 8.92. The van der Waals surface area contributed by atoms with Crippen molar-refractivity contribution in [1.29, 1.82) is 0 Å². The van der Waals surface area contributed by atoms with Gasteiger partial charge < -0.3 is 9.47 Å². The van der Waals surface area contributed by atoms with Crippen molar-refractivity contribution in [3.63, 3.8) is 0 Å². The first-order valence-electron chi connectivity index (χ1n) is 7.03. The summed E-state index contributed by atoms with van der Waals surface area (Å²) in [6, 6.07) is 13.6. The lowest BCUT2D eigenvalue weighted by Crippen LogP contribution is -2.21. The minimum Gasteiger partial charge on any atom is -0.496 e. The van der Waals surface area contributed by atoms with Gasteiger partial charge in [-0.2, -0.15) is 0 Å². The number of rotatable bonds is 6. The van der Waals surface area contributed by atoms with Crippen molar-refractivity contribution in [3.8, 4) is 11.5 Å². The van der Waals surface area contributed by atoms with Crippen molar-refractivity contribution in [2.45, 2.75) is 6.54 Å². The molecule has 2 rings (SSSR count). The van der Waals surface area contributed by atoms with Crippen molar-refractivity contribution in [2.24, 2.45) is 0 Å². The number of nitrogens with one attached hydrogen (secondary N) is 2. The summed E-state index contributed by atoms with van der Waals surface area (Å²) in [7, 11) is -1.84. The number of sulfonamides is 1. The summed E-state index contributed by atoms with van der Waals surface area (Å²) < 4.78 is 35.1. The fraction of sp³-hybridized carbons (Fsp3) is 0.188. The molecule has 8 heteroatoms. The Morgan fingerprint density at radius 1 is 1.12 bits per heavy atom. The van der Waals surface area contributed by atoms with Gasteiger partial charge in [0.2, 0.25) is 10.0 Å². The van der Waals surface area contributed by atoms with Crippen molar-refractivity contribution in [3.05, 3.63) is 54.1 Å². The highest BCUT2D eigenvalue weighted by molar-refractivity contribution is 7.88. The number of anilines is 1. The maximum absolute atomic E-state index is 11.9. The van der Waals surface area contributed by atoms with Crippen LogP contribution >= 0.6 is 0 Å². The average molecular weight is 350 g/mol. The van der Waals surface area contributed by atoms with Crippen LogP contribution in [-0.4, -0.2) is 27.9 Å². The van der Waals surface area contributed by atoms with Gasteiger partial charge in [0.05, 0.1) is 13.4 Å². The minimum absolute atomic E-state index is 0.0940. The summed E-state index contributed by atoms with van der Waals surface area (Å²) in [5.41, 5.74) is 1.11. The monoisotopic (exact) mass is 350 g/mol. The molecule has 0 aliphatic carbocycles. The van der Waals surface area contributed by atoms with Gasteiger partial charge in [0.15, 0.2) is 0 Å². The van der Waals surface area contributed by atoms with Crippen molar-refractivity contribution in [2.75, 3.05) is 18.7 Å². The third-order valence-electron chi connectivity index (χ3n) is 3.01. The molecule has 2 aromatic rings. The fourth-order valence-electron chi connectivity index (χ4n) is 1.92. The predicted molar refractivity (Wildman–Crippen MR) is 90.8 cm³/mol. The van der Waals surface area contributed by atoms with E-state index in [2.05, 4.69) is 10.0 Å². The lowest BCUT2D eigenvalue weighted by molar-refractivity contribution is 0.215. The SMILES string of the molecule is COc1cc(NC(=O)Oc2ccccc2)ccc1CNS(C)(=O)=O. The molecule has 1 amide bonds. The number of hydrogen-bond acceptors (Lipinski definition) is 5. The largest absolute Gasteiger partial charge is 0.496 e. The maximum atomic E-state index is 11.9. The molecule has 0 aromatic heterocycles. The Hall–Kier alpha value is -2.58. The molecule has 7 nitrogen and oxygen atoms in total. The molecule has 2 N–H and O–H groups in total. The number of carbonyl (C=O) groups is 1. The van der Waals surface area contributed by atoms with E-state index in [1.165, 1.54) is 7.11 Å². The molecule has 0 fully saturated rings. The number of amides is 1. The number of methoxy groups -OCH3 is 1. The Bertz CT molecular complexity index is 806. The van der Waals surface area contributed by atoms with Gasteiger partial charge in [-0.15, -0.1) is 0 Å². The van der Waals surface area contributed by atoms with Crippen molar-refractivity contribution < 1.29 is 22.7 Å². The summed E-state index contributed by atoms with van der Waals surface area (Å²) >= 11 is 0. The second-order valence-electron chi connectivity index (χ2n) is 4.95. The Kier molecular flexibility index (Phi) is 5.78. The summed E-state index contributed by atoms with van der Waals surface area (Å²) in [5.74, 6) is 0.875. The van der Waals surface area contributed by atoms with Gasteiger partial charge in [-0.05, 0) is 18.2 Å². The molecule has 0 saturated heterocycles. The van der Waals surface area contributed by atoms with Crippen LogP contribution in [0.15, 0.2) is 48.5 Å². The van der Waals surface area contributed by atoms with Crippen molar-refractivity contribution in [1.82, 2.24) is 4.72 Å². The van der Waals surface area contributed by atoms with E-state index >= 15 is 0 Å². The van der Waals surface area contributed by atoms with E-state index in [9.17, 15) is 13.2 Å². The smallest absolute Gasteiger partial charge is 0.417 e. The highest BCUT2D eigenvalue weighted by Crippen LogP contribution is 2.23. The molecule has 2 aromatic carbocycles. The van der Waals surface area contributed by atoms with Gasteiger partial charge in [0.25, 0.3) is 0 Å². The molecule has 0 atom stereocenters. The zero-order valence-electron chi connectivity index (χ0n) is 13.3. The Morgan fingerprint density at radius 2 is 1.83 bits per heavy atom. The quantitative estimate of drug-likeness (QED) is 0.834. The second-order valence-corrected chi connectivity index (χ2v) is 6.78. The van der Waals surface area contributed by atoms with Crippen LogP contribution in [0.1, 0.15) is 5.56 Å². The molecule has 0 aliphatic heterocycles. The van der Waals surface area contributed by atoms with Gasteiger partial charge in [-0.3, -0.25) is 5.32 Å². The zero-order chi connectivity index (χ0) is 17.6. The van der Waals surface area contributed by atoms with Crippen LogP contribution in [0, 0.1) is 0 Å². The maximum Gasteiger partial charge on any atom is 0.417 e. The minimum atomic E-state index is -3.31. The number of benzene rings is 2. The summed E-state index contributed by atoms with van der Waals surface area (Å²) in [4.78, 5) is 11.9. The van der Waals surface area contributed by atoms with E-state index in [0.29, 0.717) is 22.7 Å². The molecule has 128 valence electrons. The average Bonchev–Trinajstić information content (AvgIpc) is 2.53. The van der Waals surface area contributed by atoms with E-state index in [4.69, 9.17) is 9.47 Å². The molecule has 0 radical (unpaired) electrons. The van der Waals surface area contributed by atoms with Crippen LogP contribution < -0.4 is 19.5 Å². The summed E-state index contributed by atoms with van der Waals surface area (Å²) in [6.45, 7) is 0.0940. The lowest BCUT2D eigenvalue weighted by Gasteiger charge is -2.12. The topological polar surface area (TPSA) is 93.7 Å². The van der Waals surface area contributed by atoms with Gasteiger partial charge in [0.1, 0.15) is 11.5 Å². The van der Waals surface area contributed by atoms with Gasteiger partial charge in [-0.1, -0.05) is 24.3 Å². The van der Waals surface area contributed by atoms with Crippen LogP contribution in [0.2, 0.25) is 0 Å². The first-order chi connectivity index (χ1) is 11.4. The van der Waals surface area contributed by atoms with Gasteiger partial charge in [-0.25, -0.2) is 17.9 Å². The number of para-hydroxylation sites is 1. The van der Waals surface area contributed by atoms with Gasteiger partial charge >= 0.3 is 6.09 Å². The molecule has 0 aliphatic rings. The Morgan fingerprint density at radius 3 is 2.46 bits per heavy atom. The number of carbonyl (C=O) groups excluding carboxylic acids is 1. The molecule has 0 bridgehead atoms. The van der Waals surface area contributed by atoms with E-state index in [1.54, 1.807) is 42.5 Å². The summed E-state index contributed by atoms with van der Waals surface area (Å²) in [5, 5.41) is 2.58. The third kappa shape index (κ3) is 5.56. The standard InChI is InChI=1S/C16H18N2O5S/c1-22-15-10-13(9-8-12(15)11-17-24(2,20)21)18-16(19)23-14-6-4-3-5-7-14/h3-10,17H,11H2,1-2H3,(H,18,19). The zero-order valence-corrected chi connectivity index (χ0v) is 14.1. The van der Waals surface area contributed by atoms with E-state index in [0.717, 1.165) is 6.26 Å². The molecule has 0 spiro atoms. The lowest BCUT2D eigenvalue weighted by atomic mass is 10.2. The molecule has 0 unspecified atom stereocenters. The molecule has 24 heavy (non-hydrogen) atoms. The second kappa shape index (κ2) is 7.80. The van der Waals surface area contributed by atoms with Crippen molar-refractivity contribution >= 4 is 21.8 Å². The van der Waals surface area contributed by atoms with Crippen LogP contribution in [0.25, 0.3) is 0 Å². The van der Waals surface area contributed by atoms with E-state index in [-0.39, 0.29) is 6.54 Å². The van der Waals surface area contributed by atoms with E-state index < -0.39 is 16.1 Å². The fourth-order valence-corrected chi connectivity index (χ4v) is 2.33. The van der Waals surface area contributed by atoms with Gasteiger partial charge in [0, 0.05) is 23.9 Å². The highest BCUT2D eigenvalue weighted by Gasteiger charge is 2.10. The molecule has 0 saturated carbocycles. The highest BCUT2D eigenvalue weighted by atomic mass is 32.2. The Labute approximate surface area is 140 Å². The molecule has 0 heterocycles. The first kappa shape index (κ1) is 17.8. The third-order valence-corrected chi connectivity index (χ3v) is 3.68. The van der Waals surface area contributed by atoms with Crippen LogP contribution in [0.4, 0.5) is 10.5 Å².